The van der Waals surface area contributed by atoms with E-state index in [9.17, 15) is 4.79 Å². The Morgan fingerprint density at radius 2 is 2.14 bits per heavy atom. The Morgan fingerprint density at radius 3 is 2.81 bits per heavy atom. The predicted octanol–water partition coefficient (Wildman–Crippen LogP) is 1.05. The van der Waals surface area contributed by atoms with Crippen LogP contribution in [0.3, 0.4) is 0 Å². The third-order valence-corrected chi connectivity index (χ3v) is 3.58. The lowest BCUT2D eigenvalue weighted by Gasteiger charge is -2.19. The molecule has 1 aliphatic rings. The SMILES string of the molecule is Nc1ccccc1-n1ccc(C(=O)N(CCO)C2CC2)n1. The molecule has 2 aromatic rings. The molecule has 0 saturated heterocycles. The van der Waals surface area contributed by atoms with Gasteiger partial charge < -0.3 is 15.7 Å². The van der Waals surface area contributed by atoms with E-state index in [1.54, 1.807) is 27.9 Å². The molecule has 0 bridgehead atoms. The summed E-state index contributed by atoms with van der Waals surface area (Å²) in [5, 5.41) is 13.4. The molecule has 1 amide bonds. The molecule has 1 saturated carbocycles. The summed E-state index contributed by atoms with van der Waals surface area (Å²) in [4.78, 5) is 14.1. The summed E-state index contributed by atoms with van der Waals surface area (Å²) in [5.74, 6) is -0.139. The number of hydrogen-bond acceptors (Lipinski definition) is 4. The summed E-state index contributed by atoms with van der Waals surface area (Å²) in [5.41, 5.74) is 7.64. The van der Waals surface area contributed by atoms with E-state index in [0.29, 0.717) is 17.9 Å². The van der Waals surface area contributed by atoms with Crippen molar-refractivity contribution in [1.29, 1.82) is 0 Å². The number of para-hydroxylation sites is 2. The second-order valence-corrected chi connectivity index (χ2v) is 5.16. The zero-order valence-electron chi connectivity index (χ0n) is 11.6. The van der Waals surface area contributed by atoms with Gasteiger partial charge in [0.2, 0.25) is 0 Å². The number of nitrogens with zero attached hydrogens (tertiary/aromatic N) is 3. The Bertz CT molecular complexity index is 649. The quantitative estimate of drug-likeness (QED) is 0.805. The van der Waals surface area contributed by atoms with Crippen LogP contribution in [0.25, 0.3) is 5.69 Å². The van der Waals surface area contributed by atoms with E-state index in [1.165, 1.54) is 0 Å². The van der Waals surface area contributed by atoms with Crippen LogP contribution in [0.5, 0.6) is 0 Å². The van der Waals surface area contributed by atoms with E-state index < -0.39 is 0 Å². The van der Waals surface area contributed by atoms with Crippen LogP contribution < -0.4 is 5.73 Å². The highest BCUT2D eigenvalue weighted by atomic mass is 16.3. The lowest BCUT2D eigenvalue weighted by molar-refractivity contribution is 0.0701. The van der Waals surface area contributed by atoms with Crippen molar-refractivity contribution in [3.63, 3.8) is 0 Å². The largest absolute Gasteiger partial charge is 0.397 e. The van der Waals surface area contributed by atoms with E-state index in [1.807, 2.05) is 18.2 Å². The maximum atomic E-state index is 12.5. The standard InChI is InChI=1S/C15H18N4O2/c16-12-3-1-2-4-14(12)19-8-7-13(17-19)15(21)18(9-10-20)11-5-6-11/h1-4,7-8,11,20H,5-6,9-10,16H2. The smallest absolute Gasteiger partial charge is 0.274 e. The summed E-state index contributed by atoms with van der Waals surface area (Å²) in [7, 11) is 0. The normalized spacial score (nSPS) is 14.1. The Kier molecular flexibility index (Phi) is 3.62. The highest BCUT2D eigenvalue weighted by Crippen LogP contribution is 2.27. The predicted molar refractivity (Wildman–Crippen MR) is 79.1 cm³/mol. The molecule has 1 fully saturated rings. The molecule has 0 spiro atoms. The molecular formula is C15H18N4O2. The first-order valence-corrected chi connectivity index (χ1v) is 7.03. The minimum absolute atomic E-state index is 0.0332. The molecule has 3 N–H and O–H groups in total. The number of nitrogens with two attached hydrogens (primary N) is 1. The van der Waals surface area contributed by atoms with Crippen LogP contribution in [0, 0.1) is 0 Å². The van der Waals surface area contributed by atoms with Crippen molar-refractivity contribution in [2.75, 3.05) is 18.9 Å². The van der Waals surface area contributed by atoms with Crippen molar-refractivity contribution in [3.8, 4) is 5.69 Å². The Morgan fingerprint density at radius 1 is 1.38 bits per heavy atom. The Labute approximate surface area is 122 Å². The summed E-state index contributed by atoms with van der Waals surface area (Å²) in [6.07, 6.45) is 3.72. The number of carbonyl (C=O) groups excluding carboxylic acids is 1. The van der Waals surface area contributed by atoms with Gasteiger partial charge in [-0.3, -0.25) is 4.79 Å². The highest BCUT2D eigenvalue weighted by molar-refractivity contribution is 5.92. The average molecular weight is 286 g/mol. The van der Waals surface area contributed by atoms with Crippen molar-refractivity contribution in [3.05, 3.63) is 42.2 Å². The molecule has 1 aromatic heterocycles. The topological polar surface area (TPSA) is 84.4 Å². The number of rotatable bonds is 5. The van der Waals surface area contributed by atoms with Gasteiger partial charge in [0.1, 0.15) is 0 Å². The maximum absolute atomic E-state index is 12.5. The molecule has 0 atom stereocenters. The van der Waals surface area contributed by atoms with Gasteiger partial charge in [0.25, 0.3) is 5.91 Å². The second-order valence-electron chi connectivity index (χ2n) is 5.16. The van der Waals surface area contributed by atoms with E-state index in [0.717, 1.165) is 18.5 Å². The van der Waals surface area contributed by atoms with Crippen LogP contribution in [-0.4, -0.2) is 44.9 Å². The van der Waals surface area contributed by atoms with E-state index in [4.69, 9.17) is 10.8 Å². The van der Waals surface area contributed by atoms with Crippen LogP contribution in [0.2, 0.25) is 0 Å². The first kappa shape index (κ1) is 13.6. The van der Waals surface area contributed by atoms with Gasteiger partial charge in [-0.1, -0.05) is 12.1 Å². The van der Waals surface area contributed by atoms with Crippen LogP contribution in [0.4, 0.5) is 5.69 Å². The molecule has 110 valence electrons. The number of aliphatic hydroxyl groups excluding tert-OH is 1. The van der Waals surface area contributed by atoms with Gasteiger partial charge in [-0.2, -0.15) is 5.10 Å². The fourth-order valence-corrected chi connectivity index (χ4v) is 2.36. The molecule has 1 heterocycles. The van der Waals surface area contributed by atoms with Crippen LogP contribution in [-0.2, 0) is 0 Å². The fourth-order valence-electron chi connectivity index (χ4n) is 2.36. The minimum Gasteiger partial charge on any atom is -0.397 e. The van der Waals surface area contributed by atoms with Gasteiger partial charge in [-0.15, -0.1) is 0 Å². The van der Waals surface area contributed by atoms with Gasteiger partial charge >= 0.3 is 0 Å². The van der Waals surface area contributed by atoms with E-state index >= 15 is 0 Å². The molecule has 0 unspecified atom stereocenters. The fraction of sp³-hybridized carbons (Fsp3) is 0.333. The molecule has 6 nitrogen and oxygen atoms in total. The number of amides is 1. The lowest BCUT2D eigenvalue weighted by atomic mass is 10.3. The average Bonchev–Trinajstić information content (AvgIpc) is 3.21. The van der Waals surface area contributed by atoms with Gasteiger partial charge in [0.15, 0.2) is 5.69 Å². The van der Waals surface area contributed by atoms with Crippen LogP contribution >= 0.6 is 0 Å². The van der Waals surface area contributed by atoms with E-state index in [2.05, 4.69) is 5.10 Å². The zero-order chi connectivity index (χ0) is 14.8. The zero-order valence-corrected chi connectivity index (χ0v) is 11.6. The summed E-state index contributed by atoms with van der Waals surface area (Å²) < 4.78 is 1.60. The molecule has 1 aromatic carbocycles. The van der Waals surface area contributed by atoms with Gasteiger partial charge in [0.05, 0.1) is 18.0 Å². The number of nitrogen functional groups attached to an aromatic ring is 1. The number of benzene rings is 1. The van der Waals surface area contributed by atoms with Crippen molar-refractivity contribution in [2.24, 2.45) is 0 Å². The summed E-state index contributed by atoms with van der Waals surface area (Å²) in [6.45, 7) is 0.318. The second kappa shape index (κ2) is 5.57. The van der Waals surface area contributed by atoms with Crippen molar-refractivity contribution in [1.82, 2.24) is 14.7 Å². The summed E-state index contributed by atoms with van der Waals surface area (Å²) in [6, 6.07) is 9.30. The monoisotopic (exact) mass is 286 g/mol. The molecule has 21 heavy (non-hydrogen) atoms. The van der Waals surface area contributed by atoms with Crippen LogP contribution in [0.1, 0.15) is 23.3 Å². The first-order valence-electron chi connectivity index (χ1n) is 7.03. The summed E-state index contributed by atoms with van der Waals surface area (Å²) >= 11 is 0. The first-order chi connectivity index (χ1) is 10.2. The number of anilines is 1. The van der Waals surface area contributed by atoms with Gasteiger partial charge in [-0.25, -0.2) is 4.68 Å². The van der Waals surface area contributed by atoms with Crippen molar-refractivity contribution in [2.45, 2.75) is 18.9 Å². The van der Waals surface area contributed by atoms with E-state index in [-0.39, 0.29) is 18.6 Å². The Hall–Kier alpha value is -2.34. The highest BCUT2D eigenvalue weighted by Gasteiger charge is 2.33. The Balaban J connectivity index is 1.84. The van der Waals surface area contributed by atoms with Gasteiger partial charge in [-0.05, 0) is 31.0 Å². The van der Waals surface area contributed by atoms with Gasteiger partial charge in [0, 0.05) is 18.8 Å². The number of aromatic nitrogens is 2. The van der Waals surface area contributed by atoms with Crippen molar-refractivity contribution >= 4 is 11.6 Å². The lowest BCUT2D eigenvalue weighted by Crippen LogP contribution is -2.35. The molecule has 3 rings (SSSR count). The molecular weight excluding hydrogens is 268 g/mol. The minimum atomic E-state index is -0.139. The number of aliphatic hydroxyl groups is 1. The molecule has 1 aliphatic carbocycles. The third-order valence-electron chi connectivity index (χ3n) is 3.58. The van der Waals surface area contributed by atoms with Crippen molar-refractivity contribution < 1.29 is 9.90 Å². The van der Waals surface area contributed by atoms with Crippen LogP contribution in [0.15, 0.2) is 36.5 Å². The number of hydrogen-bond donors (Lipinski definition) is 2. The molecule has 0 aliphatic heterocycles. The molecule has 0 radical (unpaired) electrons. The number of carbonyl (C=O) groups is 1. The maximum Gasteiger partial charge on any atom is 0.274 e. The molecule has 6 heteroatoms. The third kappa shape index (κ3) is 2.75.